The summed E-state index contributed by atoms with van der Waals surface area (Å²) < 4.78 is 18.9. The Balaban J connectivity index is 0.00000450. The standard InChI is InChI=1S/C20H30FN5O3.HI/c1-5-22-18(25-14-12-26(13-14)19(28)29-20(2,3)4)24-11-10-23-17(27)15-8-6-7-9-16(15)21;/h6-9,14H,5,10-13H2,1-4H3,(H,23,27)(H2,22,24,25);1H. The van der Waals surface area contributed by atoms with E-state index in [-0.39, 0.29) is 48.2 Å². The number of hydrogen-bond acceptors (Lipinski definition) is 4. The van der Waals surface area contributed by atoms with E-state index in [9.17, 15) is 14.0 Å². The molecule has 1 saturated heterocycles. The molecule has 0 spiro atoms. The number of guanidine groups is 1. The number of ether oxygens (including phenoxy) is 1. The zero-order valence-electron chi connectivity index (χ0n) is 17.8. The molecule has 2 rings (SSSR count). The third-order valence-corrected chi connectivity index (χ3v) is 4.00. The second kappa shape index (κ2) is 11.9. The Morgan fingerprint density at radius 3 is 2.50 bits per heavy atom. The van der Waals surface area contributed by atoms with Crippen molar-refractivity contribution in [1.82, 2.24) is 20.9 Å². The van der Waals surface area contributed by atoms with Gasteiger partial charge in [-0.15, -0.1) is 24.0 Å². The van der Waals surface area contributed by atoms with Crippen LogP contribution in [0.1, 0.15) is 38.1 Å². The molecule has 10 heteroatoms. The lowest BCUT2D eigenvalue weighted by molar-refractivity contribution is 0.00700. The van der Waals surface area contributed by atoms with Crippen LogP contribution in [0.3, 0.4) is 0 Å². The fraction of sp³-hybridized carbons (Fsp3) is 0.550. The molecule has 8 nitrogen and oxygen atoms in total. The van der Waals surface area contributed by atoms with Crippen molar-refractivity contribution in [3.8, 4) is 0 Å². The Hall–Kier alpha value is -2.11. The average molecular weight is 535 g/mol. The quantitative estimate of drug-likeness (QED) is 0.225. The number of likely N-dealkylation sites (tertiary alicyclic amines) is 1. The van der Waals surface area contributed by atoms with Crippen molar-refractivity contribution in [2.45, 2.75) is 39.3 Å². The van der Waals surface area contributed by atoms with Crippen LogP contribution in [0.4, 0.5) is 9.18 Å². The summed E-state index contributed by atoms with van der Waals surface area (Å²) in [6.45, 7) is 9.80. The van der Waals surface area contributed by atoms with E-state index in [1.807, 2.05) is 27.7 Å². The van der Waals surface area contributed by atoms with Crippen LogP contribution in [0.5, 0.6) is 0 Å². The summed E-state index contributed by atoms with van der Waals surface area (Å²) in [7, 11) is 0. The molecule has 0 aliphatic carbocycles. The van der Waals surface area contributed by atoms with E-state index in [2.05, 4.69) is 20.9 Å². The molecule has 168 valence electrons. The number of rotatable bonds is 6. The SMILES string of the molecule is CCNC(=NCCNC(=O)c1ccccc1F)NC1CN(C(=O)OC(C)(C)C)C1.I. The predicted molar refractivity (Wildman–Crippen MR) is 125 cm³/mol. The molecule has 0 unspecified atom stereocenters. The Bertz CT molecular complexity index is 748. The molecule has 0 atom stereocenters. The summed E-state index contributed by atoms with van der Waals surface area (Å²) in [5, 5.41) is 9.02. The van der Waals surface area contributed by atoms with Crippen LogP contribution in [-0.4, -0.2) is 67.2 Å². The van der Waals surface area contributed by atoms with Crippen LogP contribution in [0.2, 0.25) is 0 Å². The number of aliphatic imine (C=N–C) groups is 1. The minimum atomic E-state index is -0.553. The third-order valence-electron chi connectivity index (χ3n) is 4.00. The van der Waals surface area contributed by atoms with E-state index in [0.717, 1.165) is 0 Å². The number of amides is 2. The molecule has 2 amide bonds. The van der Waals surface area contributed by atoms with Crippen molar-refractivity contribution in [2.75, 3.05) is 32.7 Å². The summed E-state index contributed by atoms with van der Waals surface area (Å²) in [6, 6.07) is 5.91. The number of carbonyl (C=O) groups excluding carboxylic acids is 2. The van der Waals surface area contributed by atoms with Gasteiger partial charge in [-0.2, -0.15) is 0 Å². The maximum Gasteiger partial charge on any atom is 0.410 e. The maximum atomic E-state index is 13.6. The van der Waals surface area contributed by atoms with Gasteiger partial charge in [0.2, 0.25) is 0 Å². The third kappa shape index (κ3) is 8.33. The number of halogens is 2. The predicted octanol–water partition coefficient (Wildman–Crippen LogP) is 2.35. The van der Waals surface area contributed by atoms with Crippen LogP contribution in [0, 0.1) is 5.82 Å². The largest absolute Gasteiger partial charge is 0.444 e. The summed E-state index contributed by atoms with van der Waals surface area (Å²) in [6.07, 6.45) is -0.326. The molecule has 0 bridgehead atoms. The lowest BCUT2D eigenvalue weighted by atomic mass is 10.1. The highest BCUT2D eigenvalue weighted by Crippen LogP contribution is 2.15. The van der Waals surface area contributed by atoms with Crippen LogP contribution in [0.15, 0.2) is 29.3 Å². The van der Waals surface area contributed by atoms with Gasteiger partial charge in [0.1, 0.15) is 11.4 Å². The number of benzene rings is 1. The molecule has 3 N–H and O–H groups in total. The molecular formula is C20H31FIN5O3. The Morgan fingerprint density at radius 2 is 1.90 bits per heavy atom. The van der Waals surface area contributed by atoms with Crippen molar-refractivity contribution >= 4 is 41.9 Å². The van der Waals surface area contributed by atoms with Gasteiger partial charge in [0.15, 0.2) is 5.96 Å². The molecule has 1 aliphatic heterocycles. The summed E-state index contributed by atoms with van der Waals surface area (Å²) in [4.78, 5) is 30.0. The van der Waals surface area contributed by atoms with Gasteiger partial charge < -0.3 is 25.6 Å². The van der Waals surface area contributed by atoms with Gasteiger partial charge in [-0.1, -0.05) is 12.1 Å². The lowest BCUT2D eigenvalue weighted by Crippen LogP contribution is -2.63. The van der Waals surface area contributed by atoms with Crippen molar-refractivity contribution in [1.29, 1.82) is 0 Å². The number of hydrogen-bond donors (Lipinski definition) is 3. The van der Waals surface area contributed by atoms with Gasteiger partial charge in [0, 0.05) is 26.2 Å². The molecule has 1 aliphatic rings. The van der Waals surface area contributed by atoms with Crippen LogP contribution >= 0.6 is 24.0 Å². The van der Waals surface area contributed by atoms with E-state index in [1.165, 1.54) is 18.2 Å². The topological polar surface area (TPSA) is 95.1 Å². The summed E-state index contributed by atoms with van der Waals surface area (Å²) in [5.41, 5.74) is -0.503. The normalized spacial score (nSPS) is 14.3. The van der Waals surface area contributed by atoms with Crippen molar-refractivity contribution in [2.24, 2.45) is 4.99 Å². The first-order valence-electron chi connectivity index (χ1n) is 9.75. The first kappa shape index (κ1) is 25.9. The lowest BCUT2D eigenvalue weighted by Gasteiger charge is -2.40. The van der Waals surface area contributed by atoms with Gasteiger partial charge in [-0.05, 0) is 39.8 Å². The Labute approximate surface area is 194 Å². The smallest absolute Gasteiger partial charge is 0.410 e. The minimum absolute atomic E-state index is 0. The van der Waals surface area contributed by atoms with Gasteiger partial charge >= 0.3 is 6.09 Å². The zero-order chi connectivity index (χ0) is 21.4. The molecule has 0 saturated carbocycles. The number of carbonyl (C=O) groups is 2. The second-order valence-corrected chi connectivity index (χ2v) is 7.72. The van der Waals surface area contributed by atoms with Crippen LogP contribution < -0.4 is 16.0 Å². The monoisotopic (exact) mass is 535 g/mol. The fourth-order valence-corrected chi connectivity index (χ4v) is 2.64. The second-order valence-electron chi connectivity index (χ2n) is 7.72. The van der Waals surface area contributed by atoms with Gasteiger partial charge in [0.25, 0.3) is 5.91 Å². The highest BCUT2D eigenvalue weighted by molar-refractivity contribution is 14.0. The first-order chi connectivity index (χ1) is 13.7. The van der Waals surface area contributed by atoms with Crippen LogP contribution in [-0.2, 0) is 4.74 Å². The minimum Gasteiger partial charge on any atom is -0.444 e. The average Bonchev–Trinajstić information content (AvgIpc) is 2.59. The first-order valence-corrected chi connectivity index (χ1v) is 9.75. The van der Waals surface area contributed by atoms with Gasteiger partial charge in [0.05, 0.1) is 18.2 Å². The van der Waals surface area contributed by atoms with Crippen molar-refractivity contribution in [3.05, 3.63) is 35.6 Å². The molecule has 0 radical (unpaired) electrons. The summed E-state index contributed by atoms with van der Waals surface area (Å²) >= 11 is 0. The maximum absolute atomic E-state index is 13.6. The highest BCUT2D eigenvalue weighted by Gasteiger charge is 2.34. The molecule has 0 aromatic heterocycles. The van der Waals surface area contributed by atoms with Crippen LogP contribution in [0.25, 0.3) is 0 Å². The zero-order valence-corrected chi connectivity index (χ0v) is 20.2. The fourth-order valence-electron chi connectivity index (χ4n) is 2.64. The molecular weight excluding hydrogens is 504 g/mol. The number of nitrogens with zero attached hydrogens (tertiary/aromatic N) is 2. The van der Waals surface area contributed by atoms with E-state index in [4.69, 9.17) is 4.74 Å². The molecule has 1 aromatic carbocycles. The van der Waals surface area contributed by atoms with E-state index in [1.54, 1.807) is 11.0 Å². The highest BCUT2D eigenvalue weighted by atomic mass is 127. The molecule has 1 aromatic rings. The summed E-state index contributed by atoms with van der Waals surface area (Å²) in [5.74, 6) is -0.423. The van der Waals surface area contributed by atoms with E-state index < -0.39 is 17.3 Å². The number of nitrogens with one attached hydrogen (secondary N) is 3. The Morgan fingerprint density at radius 1 is 1.23 bits per heavy atom. The molecule has 1 fully saturated rings. The van der Waals surface area contributed by atoms with E-state index in [0.29, 0.717) is 32.1 Å². The molecule has 30 heavy (non-hydrogen) atoms. The van der Waals surface area contributed by atoms with Crippen molar-refractivity contribution in [3.63, 3.8) is 0 Å². The van der Waals surface area contributed by atoms with Gasteiger partial charge in [-0.25, -0.2) is 9.18 Å². The Kier molecular flexibility index (Phi) is 10.3. The van der Waals surface area contributed by atoms with E-state index >= 15 is 0 Å². The van der Waals surface area contributed by atoms with Crippen molar-refractivity contribution < 1.29 is 18.7 Å². The molecule has 1 heterocycles. The van der Waals surface area contributed by atoms with Gasteiger partial charge in [-0.3, -0.25) is 9.79 Å².